The molecule has 2 rings (SSSR count). The molecule has 1 aromatic rings. The van der Waals surface area contributed by atoms with Gasteiger partial charge in [0.25, 0.3) is 5.91 Å². The van der Waals surface area contributed by atoms with Crippen LogP contribution in [0.2, 0.25) is 5.02 Å². The summed E-state index contributed by atoms with van der Waals surface area (Å²) in [6.45, 7) is 2.81. The van der Waals surface area contributed by atoms with Crippen molar-refractivity contribution in [3.63, 3.8) is 0 Å². The third-order valence-electron chi connectivity index (χ3n) is 5.13. The Hall–Kier alpha value is -2.23. The average Bonchev–Trinajstić information content (AvgIpc) is 2.75. The number of piperidine rings is 1. The maximum absolute atomic E-state index is 12.8. The number of methoxy groups -OCH3 is 2. The van der Waals surface area contributed by atoms with Crippen LogP contribution in [0.3, 0.4) is 0 Å². The van der Waals surface area contributed by atoms with Crippen molar-refractivity contribution in [3.8, 4) is 5.75 Å². The fourth-order valence-corrected chi connectivity index (χ4v) is 3.59. The van der Waals surface area contributed by atoms with E-state index < -0.39 is 6.09 Å². The van der Waals surface area contributed by atoms with E-state index in [1.165, 1.54) is 20.2 Å². The van der Waals surface area contributed by atoms with E-state index in [0.717, 1.165) is 32.4 Å². The summed E-state index contributed by atoms with van der Waals surface area (Å²) in [6.07, 6.45) is 1.90. The molecular formula is C20H31ClN4O5. The topological polar surface area (TPSA) is 115 Å². The Morgan fingerprint density at radius 2 is 2.07 bits per heavy atom. The highest BCUT2D eigenvalue weighted by molar-refractivity contribution is 6.33. The zero-order valence-electron chi connectivity index (χ0n) is 17.7. The summed E-state index contributed by atoms with van der Waals surface area (Å²) in [5.41, 5.74) is 6.49. The molecule has 1 aliphatic heterocycles. The molecule has 2 atom stereocenters. The number of carbonyl (C=O) groups excluding carboxylic acids is 2. The third-order valence-corrected chi connectivity index (χ3v) is 5.46. The second-order valence-corrected chi connectivity index (χ2v) is 7.52. The number of hydrogen-bond acceptors (Lipinski definition) is 7. The van der Waals surface area contributed by atoms with Crippen molar-refractivity contribution in [3.05, 3.63) is 22.7 Å². The van der Waals surface area contributed by atoms with Crippen LogP contribution in [0.15, 0.2) is 12.1 Å². The van der Waals surface area contributed by atoms with Crippen LogP contribution in [0.1, 0.15) is 29.6 Å². The molecule has 0 radical (unpaired) electrons. The van der Waals surface area contributed by atoms with Gasteiger partial charge in [0.1, 0.15) is 5.75 Å². The molecule has 0 unspecified atom stereocenters. The Morgan fingerprint density at radius 3 is 2.73 bits per heavy atom. The lowest BCUT2D eigenvalue weighted by atomic mass is 10.0. The van der Waals surface area contributed by atoms with E-state index in [2.05, 4.69) is 15.5 Å². The van der Waals surface area contributed by atoms with Crippen molar-refractivity contribution in [2.45, 2.75) is 31.4 Å². The van der Waals surface area contributed by atoms with Gasteiger partial charge in [-0.1, -0.05) is 11.6 Å². The molecule has 10 heteroatoms. The predicted octanol–water partition coefficient (Wildman–Crippen LogP) is 1.89. The number of ether oxygens (including phenoxy) is 3. The van der Waals surface area contributed by atoms with Crippen LogP contribution >= 0.6 is 11.6 Å². The van der Waals surface area contributed by atoms with Gasteiger partial charge in [0.05, 0.1) is 42.1 Å². The Bertz CT molecular complexity index is 733. The monoisotopic (exact) mass is 442 g/mol. The minimum Gasteiger partial charge on any atom is -0.496 e. The van der Waals surface area contributed by atoms with Crippen molar-refractivity contribution in [1.29, 1.82) is 0 Å². The van der Waals surface area contributed by atoms with E-state index in [9.17, 15) is 9.59 Å². The molecule has 0 spiro atoms. The van der Waals surface area contributed by atoms with Crippen LogP contribution in [0.25, 0.3) is 0 Å². The molecule has 9 nitrogen and oxygen atoms in total. The molecule has 1 aromatic carbocycles. The highest BCUT2D eigenvalue weighted by Crippen LogP contribution is 2.29. The number of rotatable bonds is 9. The number of carbonyl (C=O) groups is 2. The fourth-order valence-electron chi connectivity index (χ4n) is 3.42. The zero-order valence-corrected chi connectivity index (χ0v) is 18.5. The summed E-state index contributed by atoms with van der Waals surface area (Å²) in [5.74, 6) is 0.0976. The molecular weight excluding hydrogens is 412 g/mol. The first-order valence-corrected chi connectivity index (χ1v) is 10.3. The number of hydrogen-bond donors (Lipinski definition) is 3. The van der Waals surface area contributed by atoms with E-state index in [1.54, 1.807) is 13.2 Å². The van der Waals surface area contributed by atoms with E-state index in [4.69, 9.17) is 31.5 Å². The van der Waals surface area contributed by atoms with Crippen LogP contribution in [-0.2, 0) is 9.47 Å². The summed E-state index contributed by atoms with van der Waals surface area (Å²) in [4.78, 5) is 26.2. The molecule has 1 aliphatic rings. The number of nitrogens with two attached hydrogens (primary N) is 1. The van der Waals surface area contributed by atoms with Gasteiger partial charge >= 0.3 is 6.09 Å². The van der Waals surface area contributed by atoms with Crippen molar-refractivity contribution in [2.24, 2.45) is 0 Å². The summed E-state index contributed by atoms with van der Waals surface area (Å²) in [6, 6.07) is 2.93. The molecule has 0 saturated carbocycles. The molecule has 2 amide bonds. The molecule has 0 aliphatic carbocycles. The van der Waals surface area contributed by atoms with E-state index >= 15 is 0 Å². The fraction of sp³-hybridized carbons (Fsp3) is 0.600. The van der Waals surface area contributed by atoms with Crippen molar-refractivity contribution in [2.75, 3.05) is 53.2 Å². The minimum absolute atomic E-state index is 0.128. The van der Waals surface area contributed by atoms with Crippen molar-refractivity contribution >= 4 is 29.3 Å². The standard InChI is InChI=1S/C20H31ClN4O5/c1-23-20(27)30-9-5-4-7-25-8-6-16(18(12-25)29-3)24-19(26)13-10-14(21)15(22)11-17(13)28-2/h10-11,16,18H,4-9,12,22H2,1-3H3,(H,23,27)(H,24,26)/t16-,18+/m0/s1. The van der Waals surface area contributed by atoms with E-state index in [1.807, 2.05) is 0 Å². The minimum atomic E-state index is -0.412. The molecule has 168 valence electrons. The van der Waals surface area contributed by atoms with Crippen molar-refractivity contribution in [1.82, 2.24) is 15.5 Å². The molecule has 4 N–H and O–H groups in total. The molecule has 1 saturated heterocycles. The van der Waals surface area contributed by atoms with E-state index in [0.29, 0.717) is 35.2 Å². The lowest BCUT2D eigenvalue weighted by molar-refractivity contribution is 0.00565. The number of anilines is 1. The first-order valence-electron chi connectivity index (χ1n) is 9.93. The van der Waals surface area contributed by atoms with E-state index in [-0.39, 0.29) is 18.1 Å². The normalized spacial score (nSPS) is 19.2. The van der Waals surface area contributed by atoms with Gasteiger partial charge in [-0.25, -0.2) is 4.79 Å². The van der Waals surface area contributed by atoms with Crippen molar-refractivity contribution < 1.29 is 23.8 Å². The van der Waals surface area contributed by atoms with Gasteiger partial charge in [0.15, 0.2) is 0 Å². The number of nitrogens with zero attached hydrogens (tertiary/aromatic N) is 1. The number of likely N-dealkylation sites (tertiary alicyclic amines) is 1. The number of nitrogens with one attached hydrogen (secondary N) is 2. The Kier molecular flexibility index (Phi) is 9.48. The number of nitrogen functional groups attached to an aromatic ring is 1. The Labute approximate surface area is 182 Å². The summed E-state index contributed by atoms with van der Waals surface area (Å²) >= 11 is 6.08. The van der Waals surface area contributed by atoms with Gasteiger partial charge in [-0.2, -0.15) is 0 Å². The van der Waals surface area contributed by atoms with Gasteiger partial charge in [0, 0.05) is 33.3 Å². The second-order valence-electron chi connectivity index (χ2n) is 7.11. The number of amides is 2. The highest BCUT2D eigenvalue weighted by atomic mass is 35.5. The predicted molar refractivity (Wildman–Crippen MR) is 115 cm³/mol. The summed E-state index contributed by atoms with van der Waals surface area (Å²) < 4.78 is 15.9. The molecule has 0 aromatic heterocycles. The van der Waals surface area contributed by atoms with Gasteiger partial charge in [-0.15, -0.1) is 0 Å². The first-order chi connectivity index (χ1) is 14.4. The van der Waals surface area contributed by atoms with Crippen LogP contribution in [-0.4, -0.2) is 76.6 Å². The average molecular weight is 443 g/mol. The first kappa shape index (κ1) is 24.0. The summed E-state index contributed by atoms with van der Waals surface area (Å²) in [7, 11) is 4.66. The maximum atomic E-state index is 12.8. The zero-order chi connectivity index (χ0) is 22.1. The summed E-state index contributed by atoms with van der Waals surface area (Å²) in [5, 5.41) is 5.76. The molecule has 1 fully saturated rings. The lowest BCUT2D eigenvalue weighted by Gasteiger charge is -2.38. The van der Waals surface area contributed by atoms with Crippen LogP contribution in [0.5, 0.6) is 5.75 Å². The molecule has 30 heavy (non-hydrogen) atoms. The van der Waals surface area contributed by atoms with Gasteiger partial charge in [-0.05, 0) is 31.9 Å². The third kappa shape index (κ3) is 6.65. The lowest BCUT2D eigenvalue weighted by Crippen LogP contribution is -2.54. The number of alkyl carbamates (subject to hydrolysis) is 1. The quantitative estimate of drug-likeness (QED) is 0.395. The highest BCUT2D eigenvalue weighted by Gasteiger charge is 2.31. The number of unbranched alkanes of at least 4 members (excludes halogenated alkanes) is 1. The van der Waals surface area contributed by atoms with Crippen LogP contribution < -0.4 is 21.1 Å². The van der Waals surface area contributed by atoms with Gasteiger partial charge in [0.2, 0.25) is 0 Å². The Balaban J connectivity index is 1.86. The van der Waals surface area contributed by atoms with Crippen LogP contribution in [0, 0.1) is 0 Å². The number of benzene rings is 1. The van der Waals surface area contributed by atoms with Crippen LogP contribution in [0.4, 0.5) is 10.5 Å². The maximum Gasteiger partial charge on any atom is 0.406 e. The smallest absolute Gasteiger partial charge is 0.406 e. The number of halogens is 1. The molecule has 0 bridgehead atoms. The second kappa shape index (κ2) is 11.8. The molecule has 1 heterocycles. The Morgan fingerprint density at radius 1 is 1.30 bits per heavy atom. The van der Waals surface area contributed by atoms with Gasteiger partial charge in [-0.3, -0.25) is 4.79 Å². The largest absolute Gasteiger partial charge is 0.496 e. The van der Waals surface area contributed by atoms with Gasteiger partial charge < -0.3 is 35.5 Å². The SMILES string of the molecule is CNC(=O)OCCCCN1CC[C@H](NC(=O)c2cc(Cl)c(N)cc2OC)[C@H](OC)C1.